The van der Waals surface area contributed by atoms with Gasteiger partial charge in [0.25, 0.3) is 0 Å². The smallest absolute Gasteiger partial charge is 0.164 e. The average Bonchev–Trinajstić information content (AvgIpc) is 2.63. The van der Waals surface area contributed by atoms with Crippen LogP contribution in [0, 0.1) is 13.8 Å². The van der Waals surface area contributed by atoms with Gasteiger partial charge in [-0.1, -0.05) is 77.9 Å². The molecule has 0 N–H and O–H groups in total. The number of benzene rings is 3. The van der Waals surface area contributed by atoms with Crippen molar-refractivity contribution in [1.29, 1.82) is 0 Å². The van der Waals surface area contributed by atoms with Crippen LogP contribution in [0.3, 0.4) is 0 Å². The predicted molar refractivity (Wildman–Crippen MR) is 106 cm³/mol. The molecule has 0 radical (unpaired) electrons. The fraction of sp³-hybridized carbons (Fsp3) is 0.174. The Balaban J connectivity index is 1.83. The van der Waals surface area contributed by atoms with Gasteiger partial charge in [-0.2, -0.15) is 0 Å². The summed E-state index contributed by atoms with van der Waals surface area (Å²) in [7, 11) is 0. The number of rotatable bonds is 6. The molecule has 1 atom stereocenters. The Bertz CT molecular complexity index is 820. The van der Waals surface area contributed by atoms with Crippen molar-refractivity contribution in [3.8, 4) is 0 Å². The molecule has 0 spiro atoms. The van der Waals surface area contributed by atoms with E-state index in [2.05, 4.69) is 43.3 Å². The molecule has 0 aliphatic carbocycles. The van der Waals surface area contributed by atoms with Gasteiger partial charge in [0, 0.05) is 22.1 Å². The van der Waals surface area contributed by atoms with Crippen LogP contribution in [0.1, 0.15) is 38.7 Å². The van der Waals surface area contributed by atoms with Crippen LogP contribution in [0.5, 0.6) is 0 Å². The van der Waals surface area contributed by atoms with Crippen molar-refractivity contribution in [3.63, 3.8) is 0 Å². The highest BCUT2D eigenvalue weighted by molar-refractivity contribution is 7.99. The van der Waals surface area contributed by atoms with E-state index in [4.69, 9.17) is 0 Å². The van der Waals surface area contributed by atoms with Gasteiger partial charge in [-0.25, -0.2) is 0 Å². The zero-order valence-corrected chi connectivity index (χ0v) is 15.4. The molecule has 3 rings (SSSR count). The summed E-state index contributed by atoms with van der Waals surface area (Å²) >= 11 is 1.75. The number of aryl methyl sites for hydroxylation is 2. The third-order valence-corrected chi connectivity index (χ3v) is 5.48. The molecule has 1 nitrogen and oxygen atoms in total. The first-order valence-corrected chi connectivity index (χ1v) is 9.38. The maximum Gasteiger partial charge on any atom is 0.164 e. The zero-order chi connectivity index (χ0) is 17.6. The number of hydrogen-bond donors (Lipinski definition) is 0. The normalized spacial score (nSPS) is 11.9. The Labute approximate surface area is 154 Å². The molecular formula is C23H22OS. The molecule has 3 aromatic carbocycles. The Kier molecular flexibility index (Phi) is 5.72. The van der Waals surface area contributed by atoms with Crippen molar-refractivity contribution < 1.29 is 4.79 Å². The van der Waals surface area contributed by atoms with Crippen molar-refractivity contribution in [3.05, 3.63) is 101 Å². The van der Waals surface area contributed by atoms with E-state index in [-0.39, 0.29) is 11.0 Å². The largest absolute Gasteiger partial charge is 0.294 e. The molecular weight excluding hydrogens is 324 g/mol. The van der Waals surface area contributed by atoms with Gasteiger partial charge >= 0.3 is 0 Å². The number of hydrogen-bond acceptors (Lipinski definition) is 2. The fourth-order valence-electron chi connectivity index (χ4n) is 2.70. The monoisotopic (exact) mass is 346 g/mol. The molecule has 0 saturated heterocycles. The van der Waals surface area contributed by atoms with E-state index in [0.29, 0.717) is 6.42 Å². The third-order valence-electron chi connectivity index (χ3n) is 4.22. The molecule has 0 fully saturated rings. The van der Waals surface area contributed by atoms with Gasteiger partial charge < -0.3 is 0 Å². The Morgan fingerprint density at radius 1 is 0.800 bits per heavy atom. The van der Waals surface area contributed by atoms with Crippen molar-refractivity contribution in [2.75, 3.05) is 0 Å². The van der Waals surface area contributed by atoms with Crippen LogP contribution in [-0.2, 0) is 0 Å². The first-order chi connectivity index (χ1) is 12.1. The van der Waals surface area contributed by atoms with Gasteiger partial charge in [-0.05, 0) is 31.5 Å². The van der Waals surface area contributed by atoms with Crippen LogP contribution in [0.2, 0.25) is 0 Å². The van der Waals surface area contributed by atoms with Gasteiger partial charge in [0.1, 0.15) is 0 Å². The summed E-state index contributed by atoms with van der Waals surface area (Å²) in [5, 5.41) is 0.108. The van der Waals surface area contributed by atoms with Gasteiger partial charge in [0.15, 0.2) is 5.78 Å². The Morgan fingerprint density at radius 3 is 1.96 bits per heavy atom. The standard InChI is InChI=1S/C23H22OS/c1-17-8-12-19(13-9-17)22(24)16-23(20-14-10-18(2)11-15-20)25-21-6-4-3-5-7-21/h3-15,23H,16H2,1-2H3. The van der Waals surface area contributed by atoms with E-state index in [0.717, 1.165) is 5.56 Å². The highest BCUT2D eigenvalue weighted by atomic mass is 32.2. The van der Waals surface area contributed by atoms with E-state index in [1.165, 1.54) is 21.6 Å². The zero-order valence-electron chi connectivity index (χ0n) is 14.6. The van der Waals surface area contributed by atoms with E-state index >= 15 is 0 Å². The minimum absolute atomic E-state index is 0.108. The second-order valence-electron chi connectivity index (χ2n) is 6.32. The highest BCUT2D eigenvalue weighted by Gasteiger charge is 2.18. The van der Waals surface area contributed by atoms with Crippen molar-refractivity contribution >= 4 is 17.5 Å². The SMILES string of the molecule is Cc1ccc(C(=O)CC(Sc2ccccc2)c2ccc(C)cc2)cc1. The van der Waals surface area contributed by atoms with Crippen LogP contribution >= 0.6 is 11.8 Å². The number of thioether (sulfide) groups is 1. The predicted octanol–water partition coefficient (Wildman–Crippen LogP) is 6.41. The number of Topliss-reactive ketones (excluding diaryl/α,β-unsaturated/α-hetero) is 1. The van der Waals surface area contributed by atoms with E-state index in [1.54, 1.807) is 11.8 Å². The van der Waals surface area contributed by atoms with Crippen LogP contribution < -0.4 is 0 Å². The summed E-state index contributed by atoms with van der Waals surface area (Å²) in [5.74, 6) is 0.189. The molecule has 1 unspecified atom stereocenters. The summed E-state index contributed by atoms with van der Waals surface area (Å²) in [4.78, 5) is 14.0. The number of ketones is 1. The van der Waals surface area contributed by atoms with Crippen LogP contribution in [-0.4, -0.2) is 5.78 Å². The summed E-state index contributed by atoms with van der Waals surface area (Å²) < 4.78 is 0. The molecule has 0 aromatic heterocycles. The average molecular weight is 346 g/mol. The number of carbonyl (C=O) groups is 1. The Hall–Kier alpha value is -2.32. The first kappa shape index (κ1) is 17.5. The molecule has 0 aliphatic rings. The molecule has 0 saturated carbocycles. The molecule has 0 aliphatic heterocycles. The molecule has 126 valence electrons. The van der Waals surface area contributed by atoms with Crippen molar-refractivity contribution in [2.24, 2.45) is 0 Å². The number of carbonyl (C=O) groups excluding carboxylic acids is 1. The highest BCUT2D eigenvalue weighted by Crippen LogP contribution is 2.38. The van der Waals surface area contributed by atoms with Gasteiger partial charge in [0.05, 0.1) is 0 Å². The molecule has 3 aromatic rings. The lowest BCUT2D eigenvalue weighted by atomic mass is 10.0. The van der Waals surface area contributed by atoms with Gasteiger partial charge in [-0.3, -0.25) is 4.79 Å². The topological polar surface area (TPSA) is 17.1 Å². The van der Waals surface area contributed by atoms with E-state index < -0.39 is 0 Å². The first-order valence-electron chi connectivity index (χ1n) is 8.50. The van der Waals surface area contributed by atoms with Crippen molar-refractivity contribution in [1.82, 2.24) is 0 Å². The van der Waals surface area contributed by atoms with Gasteiger partial charge in [0.2, 0.25) is 0 Å². The second kappa shape index (κ2) is 8.17. The molecule has 0 bridgehead atoms. The molecule has 25 heavy (non-hydrogen) atoms. The second-order valence-corrected chi connectivity index (χ2v) is 7.60. The fourth-order valence-corrected chi connectivity index (χ4v) is 3.87. The summed E-state index contributed by atoms with van der Waals surface area (Å²) in [6, 6.07) is 26.6. The Morgan fingerprint density at radius 2 is 1.36 bits per heavy atom. The minimum atomic E-state index is 0.108. The third kappa shape index (κ3) is 4.83. The van der Waals surface area contributed by atoms with Gasteiger partial charge in [-0.15, -0.1) is 11.8 Å². The van der Waals surface area contributed by atoms with E-state index in [1.807, 2.05) is 49.4 Å². The molecule has 2 heteroatoms. The summed E-state index contributed by atoms with van der Waals surface area (Å²) in [5.41, 5.74) is 4.39. The quantitative estimate of drug-likeness (QED) is 0.379. The summed E-state index contributed by atoms with van der Waals surface area (Å²) in [6.45, 7) is 4.12. The minimum Gasteiger partial charge on any atom is -0.294 e. The molecule has 0 heterocycles. The van der Waals surface area contributed by atoms with Crippen LogP contribution in [0.25, 0.3) is 0 Å². The maximum atomic E-state index is 12.8. The lowest BCUT2D eigenvalue weighted by molar-refractivity contribution is 0.0982. The maximum absolute atomic E-state index is 12.8. The lowest BCUT2D eigenvalue weighted by Crippen LogP contribution is -2.05. The lowest BCUT2D eigenvalue weighted by Gasteiger charge is -2.17. The molecule has 0 amide bonds. The van der Waals surface area contributed by atoms with Crippen LogP contribution in [0.15, 0.2) is 83.8 Å². The van der Waals surface area contributed by atoms with Crippen molar-refractivity contribution in [2.45, 2.75) is 30.4 Å². The van der Waals surface area contributed by atoms with Crippen LogP contribution in [0.4, 0.5) is 0 Å². The van der Waals surface area contributed by atoms with E-state index in [9.17, 15) is 4.79 Å². The summed E-state index contributed by atoms with van der Waals surface area (Å²) in [6.07, 6.45) is 0.492.